The van der Waals surface area contributed by atoms with Crippen LogP contribution in [0.2, 0.25) is 0 Å². The molecule has 0 unspecified atom stereocenters. The van der Waals surface area contributed by atoms with Crippen LogP contribution in [0.4, 0.5) is 0 Å². The Kier molecular flexibility index (Phi) is 5.75. The first-order valence-corrected chi connectivity index (χ1v) is 9.92. The second-order valence-corrected chi connectivity index (χ2v) is 7.41. The maximum Gasteiger partial charge on any atom is 0.364 e. The summed E-state index contributed by atoms with van der Waals surface area (Å²) in [5, 5.41) is 5.21. The SMILES string of the molecule is CC(C)Cn1nc(C(=O)Oc2ccc(Oc3ccccn3)cc2)c2ccccc2c1=O. The van der Waals surface area contributed by atoms with Crippen LogP contribution in [0.15, 0.2) is 77.7 Å². The van der Waals surface area contributed by atoms with Crippen molar-refractivity contribution >= 4 is 16.7 Å². The molecule has 31 heavy (non-hydrogen) atoms. The maximum absolute atomic E-state index is 12.9. The molecule has 0 saturated carbocycles. The summed E-state index contributed by atoms with van der Waals surface area (Å²) in [6.45, 7) is 4.37. The molecule has 0 saturated heterocycles. The molecule has 0 amide bonds. The van der Waals surface area contributed by atoms with E-state index in [1.165, 1.54) is 4.68 Å². The van der Waals surface area contributed by atoms with Crippen molar-refractivity contribution in [2.75, 3.05) is 0 Å². The Labute approximate surface area is 178 Å². The third-order valence-corrected chi connectivity index (χ3v) is 4.49. The lowest BCUT2D eigenvalue weighted by molar-refractivity contribution is 0.0727. The number of hydrogen-bond acceptors (Lipinski definition) is 6. The van der Waals surface area contributed by atoms with E-state index in [0.717, 1.165) is 0 Å². The minimum Gasteiger partial charge on any atom is -0.439 e. The van der Waals surface area contributed by atoms with Crippen LogP contribution in [0.25, 0.3) is 10.8 Å². The molecule has 4 rings (SSSR count). The Morgan fingerprint density at radius 1 is 0.935 bits per heavy atom. The highest BCUT2D eigenvalue weighted by molar-refractivity contribution is 6.02. The highest BCUT2D eigenvalue weighted by Crippen LogP contribution is 2.23. The van der Waals surface area contributed by atoms with E-state index in [1.54, 1.807) is 66.9 Å². The Bertz CT molecular complexity index is 1270. The van der Waals surface area contributed by atoms with Crippen molar-refractivity contribution < 1.29 is 14.3 Å². The third-order valence-electron chi connectivity index (χ3n) is 4.49. The van der Waals surface area contributed by atoms with Gasteiger partial charge in [-0.05, 0) is 42.3 Å². The normalized spacial score (nSPS) is 10.9. The highest BCUT2D eigenvalue weighted by atomic mass is 16.5. The van der Waals surface area contributed by atoms with Gasteiger partial charge in [0.25, 0.3) is 5.56 Å². The highest BCUT2D eigenvalue weighted by Gasteiger charge is 2.19. The van der Waals surface area contributed by atoms with Gasteiger partial charge in [0, 0.05) is 24.2 Å². The van der Waals surface area contributed by atoms with Crippen LogP contribution in [0, 0.1) is 5.92 Å². The number of esters is 1. The van der Waals surface area contributed by atoms with Gasteiger partial charge in [0.1, 0.15) is 11.5 Å². The Hall–Kier alpha value is -4.00. The number of ether oxygens (including phenoxy) is 2. The van der Waals surface area contributed by atoms with Crippen molar-refractivity contribution in [3.05, 3.63) is 89.0 Å². The summed E-state index contributed by atoms with van der Waals surface area (Å²) in [6.07, 6.45) is 1.64. The molecule has 0 spiro atoms. The summed E-state index contributed by atoms with van der Waals surface area (Å²) >= 11 is 0. The molecule has 0 aliphatic carbocycles. The summed E-state index contributed by atoms with van der Waals surface area (Å²) in [6, 6.07) is 18.9. The summed E-state index contributed by atoms with van der Waals surface area (Å²) < 4.78 is 12.5. The van der Waals surface area contributed by atoms with Crippen molar-refractivity contribution in [3.63, 3.8) is 0 Å². The molecule has 0 bridgehead atoms. The van der Waals surface area contributed by atoms with Gasteiger partial charge < -0.3 is 9.47 Å². The van der Waals surface area contributed by atoms with Crippen LogP contribution in [0.3, 0.4) is 0 Å². The van der Waals surface area contributed by atoms with E-state index in [2.05, 4.69) is 10.1 Å². The van der Waals surface area contributed by atoms with Crippen LogP contribution < -0.4 is 15.0 Å². The molecule has 0 fully saturated rings. The van der Waals surface area contributed by atoms with Gasteiger partial charge in [0.15, 0.2) is 5.69 Å². The van der Waals surface area contributed by atoms with Crippen LogP contribution in [0.1, 0.15) is 24.3 Å². The molecule has 0 aliphatic heterocycles. The first kappa shape index (κ1) is 20.3. The van der Waals surface area contributed by atoms with Gasteiger partial charge in [-0.1, -0.05) is 38.1 Å². The summed E-state index contributed by atoms with van der Waals surface area (Å²) in [5.41, 5.74) is -0.124. The van der Waals surface area contributed by atoms with Gasteiger partial charge in [0.2, 0.25) is 5.88 Å². The molecule has 2 aromatic heterocycles. The fraction of sp³-hybridized carbons (Fsp3) is 0.167. The number of carbonyl (C=O) groups is 1. The van der Waals surface area contributed by atoms with Crippen molar-refractivity contribution in [1.82, 2.24) is 14.8 Å². The molecule has 0 radical (unpaired) electrons. The molecule has 0 aliphatic rings. The van der Waals surface area contributed by atoms with Gasteiger partial charge >= 0.3 is 5.97 Å². The first-order chi connectivity index (χ1) is 15.0. The van der Waals surface area contributed by atoms with E-state index in [0.29, 0.717) is 34.7 Å². The van der Waals surface area contributed by atoms with E-state index in [4.69, 9.17) is 9.47 Å². The lowest BCUT2D eigenvalue weighted by Crippen LogP contribution is -2.28. The fourth-order valence-electron chi connectivity index (χ4n) is 3.11. The molecule has 2 heterocycles. The van der Waals surface area contributed by atoms with Crippen molar-refractivity contribution in [2.45, 2.75) is 20.4 Å². The van der Waals surface area contributed by atoms with Crippen molar-refractivity contribution in [3.8, 4) is 17.4 Å². The first-order valence-electron chi connectivity index (χ1n) is 9.92. The predicted molar refractivity (Wildman–Crippen MR) is 117 cm³/mol. The van der Waals surface area contributed by atoms with E-state index in [-0.39, 0.29) is 17.2 Å². The Morgan fingerprint density at radius 3 is 2.29 bits per heavy atom. The number of hydrogen-bond donors (Lipinski definition) is 0. The Balaban J connectivity index is 1.59. The van der Waals surface area contributed by atoms with E-state index >= 15 is 0 Å². The standard InChI is InChI=1S/C24H21N3O4/c1-16(2)15-27-23(28)20-8-4-3-7-19(20)22(26-27)24(29)31-18-12-10-17(11-13-18)30-21-9-5-6-14-25-21/h3-14,16H,15H2,1-2H3. The zero-order chi connectivity index (χ0) is 21.8. The smallest absolute Gasteiger partial charge is 0.364 e. The van der Waals surface area contributed by atoms with Gasteiger partial charge in [-0.3, -0.25) is 4.79 Å². The zero-order valence-electron chi connectivity index (χ0n) is 17.2. The molecular weight excluding hydrogens is 394 g/mol. The lowest BCUT2D eigenvalue weighted by atomic mass is 10.1. The number of carbonyl (C=O) groups excluding carboxylic acids is 1. The van der Waals surface area contributed by atoms with Crippen molar-refractivity contribution in [1.29, 1.82) is 0 Å². The second-order valence-electron chi connectivity index (χ2n) is 7.41. The second kappa shape index (κ2) is 8.79. The number of nitrogens with zero attached hydrogens (tertiary/aromatic N) is 3. The number of aromatic nitrogens is 3. The summed E-state index contributed by atoms with van der Waals surface area (Å²) in [7, 11) is 0. The number of rotatable bonds is 6. The van der Waals surface area contributed by atoms with Crippen molar-refractivity contribution in [2.24, 2.45) is 5.92 Å². The minimum absolute atomic E-state index is 0.102. The minimum atomic E-state index is -0.632. The monoisotopic (exact) mass is 415 g/mol. The van der Waals surface area contributed by atoms with Gasteiger partial charge in [-0.15, -0.1) is 0 Å². The number of fused-ring (bicyclic) bond motifs is 1. The summed E-state index contributed by atoms with van der Waals surface area (Å²) in [4.78, 5) is 29.7. The molecule has 0 N–H and O–H groups in total. The van der Waals surface area contributed by atoms with Crippen LogP contribution in [-0.2, 0) is 6.54 Å². The van der Waals surface area contributed by atoms with Crippen LogP contribution in [-0.4, -0.2) is 20.7 Å². The molecular formula is C24H21N3O4. The average Bonchev–Trinajstić information content (AvgIpc) is 2.77. The molecule has 2 aromatic carbocycles. The fourth-order valence-corrected chi connectivity index (χ4v) is 3.11. The Morgan fingerprint density at radius 2 is 1.61 bits per heavy atom. The topological polar surface area (TPSA) is 83.3 Å². The van der Waals surface area contributed by atoms with Crippen LogP contribution in [0.5, 0.6) is 17.4 Å². The van der Waals surface area contributed by atoms with E-state index < -0.39 is 5.97 Å². The van der Waals surface area contributed by atoms with Gasteiger partial charge in [-0.25, -0.2) is 14.5 Å². The molecule has 0 atom stereocenters. The maximum atomic E-state index is 12.9. The predicted octanol–water partition coefficient (Wildman–Crippen LogP) is 4.46. The lowest BCUT2D eigenvalue weighted by Gasteiger charge is -2.12. The van der Waals surface area contributed by atoms with E-state index in [1.807, 2.05) is 19.9 Å². The zero-order valence-corrected chi connectivity index (χ0v) is 17.2. The van der Waals surface area contributed by atoms with Gasteiger partial charge in [-0.2, -0.15) is 5.10 Å². The third kappa shape index (κ3) is 4.61. The van der Waals surface area contributed by atoms with Crippen LogP contribution >= 0.6 is 0 Å². The molecule has 4 aromatic rings. The molecule has 156 valence electrons. The largest absolute Gasteiger partial charge is 0.439 e. The number of benzene rings is 2. The molecule has 7 nitrogen and oxygen atoms in total. The average molecular weight is 415 g/mol. The van der Waals surface area contributed by atoms with Gasteiger partial charge in [0.05, 0.1) is 5.39 Å². The molecule has 7 heteroatoms. The quantitative estimate of drug-likeness (QED) is 0.342. The van der Waals surface area contributed by atoms with E-state index in [9.17, 15) is 9.59 Å². The summed E-state index contributed by atoms with van der Waals surface area (Å²) in [5.74, 6) is 0.933. The number of pyridine rings is 1.